The molecule has 0 aromatic heterocycles. The van der Waals surface area contributed by atoms with E-state index in [1.54, 1.807) is 6.92 Å². The number of carboxylic acid groups (broad SMARTS) is 2. The highest BCUT2D eigenvalue weighted by molar-refractivity contribution is 6.02. The summed E-state index contributed by atoms with van der Waals surface area (Å²) < 4.78 is 0. The molecule has 0 aromatic carbocycles. The first kappa shape index (κ1) is 18.2. The monoisotopic (exact) mass is 252 g/mol. The highest BCUT2D eigenvalue weighted by Crippen LogP contribution is 2.14. The van der Waals surface area contributed by atoms with Crippen LogP contribution in [0, 0.1) is 0 Å². The maximum atomic E-state index is 10.3. The fraction of sp³-hybridized carbons (Fsp3) is 0.800. The summed E-state index contributed by atoms with van der Waals surface area (Å²) in [5, 5.41) is 42.9. The van der Waals surface area contributed by atoms with Crippen LogP contribution in [0.15, 0.2) is 0 Å². The van der Waals surface area contributed by atoms with Gasteiger partial charge in [-0.05, 0) is 19.8 Å². The van der Waals surface area contributed by atoms with Crippen molar-refractivity contribution < 1.29 is 35.1 Å². The van der Waals surface area contributed by atoms with Gasteiger partial charge in [0.1, 0.15) is 6.10 Å². The summed E-state index contributed by atoms with van der Waals surface area (Å²) in [6.07, 6.45) is -1.22. The van der Waals surface area contributed by atoms with Crippen LogP contribution in [0.2, 0.25) is 0 Å². The van der Waals surface area contributed by atoms with E-state index in [0.29, 0.717) is 0 Å². The number of aliphatic hydroxyl groups excluding tert-OH is 2. The number of hydrogen-bond donors (Lipinski definition) is 5. The summed E-state index contributed by atoms with van der Waals surface area (Å²) in [6.45, 7) is 5.09. The minimum atomic E-state index is -3.10. The molecule has 0 aliphatic heterocycles. The van der Waals surface area contributed by atoms with Crippen molar-refractivity contribution in [3.8, 4) is 0 Å². The lowest BCUT2D eigenvalue weighted by Gasteiger charge is -2.22. The first-order valence-electron chi connectivity index (χ1n) is 5.19. The van der Waals surface area contributed by atoms with E-state index < -0.39 is 23.6 Å². The molecule has 0 saturated carbocycles. The van der Waals surface area contributed by atoms with Crippen LogP contribution in [0.3, 0.4) is 0 Å². The second-order valence-electron chi connectivity index (χ2n) is 3.56. The van der Waals surface area contributed by atoms with Gasteiger partial charge in [0.25, 0.3) is 5.60 Å². The molecule has 0 heterocycles. The normalized spacial score (nSPS) is 14.2. The van der Waals surface area contributed by atoms with Crippen molar-refractivity contribution in [2.75, 3.05) is 0 Å². The molecule has 0 saturated heterocycles. The second kappa shape index (κ2) is 7.99. The van der Waals surface area contributed by atoms with Crippen molar-refractivity contribution in [3.63, 3.8) is 0 Å². The maximum absolute atomic E-state index is 10.3. The summed E-state index contributed by atoms with van der Waals surface area (Å²) in [4.78, 5) is 20.5. The Bertz CT molecular complexity index is 235. The largest absolute Gasteiger partial charge is 0.479 e. The van der Waals surface area contributed by atoms with Crippen LogP contribution >= 0.6 is 0 Å². The van der Waals surface area contributed by atoms with Crippen molar-refractivity contribution in [3.05, 3.63) is 0 Å². The highest BCUT2D eigenvalue weighted by Gasteiger charge is 2.50. The summed E-state index contributed by atoms with van der Waals surface area (Å²) in [6, 6.07) is 0. The van der Waals surface area contributed by atoms with Crippen LogP contribution in [0.25, 0.3) is 0 Å². The minimum absolute atomic E-state index is 0.116. The molecule has 17 heavy (non-hydrogen) atoms. The molecule has 5 N–H and O–H groups in total. The highest BCUT2D eigenvalue weighted by atomic mass is 16.5. The molecule has 0 rings (SSSR count). The van der Waals surface area contributed by atoms with E-state index >= 15 is 0 Å². The molecule has 7 nitrogen and oxygen atoms in total. The van der Waals surface area contributed by atoms with E-state index in [2.05, 4.69) is 0 Å². The Morgan fingerprint density at radius 2 is 1.35 bits per heavy atom. The lowest BCUT2D eigenvalue weighted by Crippen LogP contribution is -2.55. The Balaban J connectivity index is 0. The molecule has 7 heteroatoms. The topological polar surface area (TPSA) is 135 Å². The van der Waals surface area contributed by atoms with Gasteiger partial charge < -0.3 is 25.5 Å². The van der Waals surface area contributed by atoms with Crippen molar-refractivity contribution >= 4 is 11.9 Å². The Hall–Kier alpha value is -1.18. The molecular formula is C10H20O7. The van der Waals surface area contributed by atoms with Gasteiger partial charge in [-0.1, -0.05) is 13.8 Å². The Morgan fingerprint density at radius 3 is 1.41 bits per heavy atom. The average molecular weight is 252 g/mol. The number of carbonyl (C=O) groups is 2. The summed E-state index contributed by atoms with van der Waals surface area (Å²) in [7, 11) is 0. The van der Waals surface area contributed by atoms with Gasteiger partial charge in [0, 0.05) is 0 Å². The van der Waals surface area contributed by atoms with Gasteiger partial charge in [-0.3, -0.25) is 0 Å². The third-order valence-corrected chi connectivity index (χ3v) is 2.11. The first-order valence-corrected chi connectivity index (χ1v) is 5.19. The zero-order valence-corrected chi connectivity index (χ0v) is 10.1. The minimum Gasteiger partial charge on any atom is -0.479 e. The van der Waals surface area contributed by atoms with Gasteiger partial charge in [-0.15, -0.1) is 0 Å². The molecule has 0 amide bonds. The van der Waals surface area contributed by atoms with E-state index in [1.807, 2.05) is 6.92 Å². The molecule has 2 unspecified atom stereocenters. The smallest absolute Gasteiger partial charge is 0.350 e. The average Bonchev–Trinajstić information content (AvgIpc) is 2.26. The van der Waals surface area contributed by atoms with Crippen molar-refractivity contribution in [1.29, 1.82) is 0 Å². The molecule has 0 spiro atoms. The molecule has 0 aromatic rings. The Morgan fingerprint density at radius 1 is 1.06 bits per heavy atom. The van der Waals surface area contributed by atoms with Crippen molar-refractivity contribution in [2.24, 2.45) is 0 Å². The molecule has 0 aliphatic rings. The molecule has 102 valence electrons. The van der Waals surface area contributed by atoms with Gasteiger partial charge in [0.15, 0.2) is 0 Å². The van der Waals surface area contributed by atoms with Crippen LogP contribution in [0.5, 0.6) is 0 Å². The lowest BCUT2D eigenvalue weighted by atomic mass is 9.95. The zero-order chi connectivity index (χ0) is 14.2. The quantitative estimate of drug-likeness (QED) is 0.413. The van der Waals surface area contributed by atoms with E-state index in [1.165, 1.54) is 6.92 Å². The molecule has 2 atom stereocenters. The number of aliphatic hydroxyl groups is 3. The summed E-state index contributed by atoms with van der Waals surface area (Å²) in [5.74, 6) is -3.94. The molecule has 0 aliphatic carbocycles. The molecule has 0 radical (unpaired) electrons. The first-order chi connectivity index (χ1) is 7.64. The fourth-order valence-electron chi connectivity index (χ4n) is 0.672. The predicted octanol–water partition coefficient (Wildman–Crippen LogP) is -0.565. The maximum Gasteiger partial charge on any atom is 0.350 e. The number of carboxylic acids is 2. The Labute approximate surface area is 99.3 Å². The van der Waals surface area contributed by atoms with E-state index in [4.69, 9.17) is 25.5 Å². The molecule has 0 fully saturated rings. The third kappa shape index (κ3) is 5.62. The second-order valence-corrected chi connectivity index (χ2v) is 3.56. The van der Waals surface area contributed by atoms with Crippen molar-refractivity contribution in [2.45, 2.75) is 51.4 Å². The van der Waals surface area contributed by atoms with Crippen LogP contribution in [0.1, 0.15) is 33.6 Å². The fourth-order valence-corrected chi connectivity index (χ4v) is 0.672. The van der Waals surface area contributed by atoms with Crippen LogP contribution in [0.4, 0.5) is 0 Å². The van der Waals surface area contributed by atoms with Gasteiger partial charge in [0.2, 0.25) is 0 Å². The number of aliphatic carboxylic acids is 2. The van der Waals surface area contributed by atoms with Crippen LogP contribution in [-0.4, -0.2) is 55.3 Å². The molecule has 0 bridgehead atoms. The van der Waals surface area contributed by atoms with E-state index in [0.717, 1.165) is 6.42 Å². The summed E-state index contributed by atoms with van der Waals surface area (Å²) >= 11 is 0. The van der Waals surface area contributed by atoms with E-state index in [-0.39, 0.29) is 12.5 Å². The van der Waals surface area contributed by atoms with Crippen LogP contribution < -0.4 is 0 Å². The number of rotatable bonds is 5. The predicted molar refractivity (Wildman–Crippen MR) is 58.5 cm³/mol. The van der Waals surface area contributed by atoms with Gasteiger partial charge >= 0.3 is 11.9 Å². The van der Waals surface area contributed by atoms with Gasteiger partial charge in [-0.2, -0.15) is 0 Å². The third-order valence-electron chi connectivity index (χ3n) is 2.11. The van der Waals surface area contributed by atoms with Gasteiger partial charge in [-0.25, -0.2) is 9.59 Å². The summed E-state index contributed by atoms with van der Waals surface area (Å²) in [5.41, 5.74) is -3.10. The van der Waals surface area contributed by atoms with Gasteiger partial charge in [0.05, 0.1) is 6.10 Å². The zero-order valence-electron chi connectivity index (χ0n) is 10.1. The van der Waals surface area contributed by atoms with E-state index in [9.17, 15) is 9.59 Å². The molecular weight excluding hydrogens is 232 g/mol. The van der Waals surface area contributed by atoms with Crippen LogP contribution in [-0.2, 0) is 9.59 Å². The lowest BCUT2D eigenvalue weighted by molar-refractivity contribution is -0.188. The van der Waals surface area contributed by atoms with Crippen molar-refractivity contribution in [1.82, 2.24) is 0 Å². The Kier molecular flexibility index (Phi) is 8.55. The standard InChI is InChI=1S/C6H10O6.C4H10O/c1-2-3(7)6(12,4(8)9)5(10)11;1-3-4(2)5/h3,7,12H,2H2,1H3,(H,8,9)(H,10,11);4-5H,3H2,1-2H3. The number of hydrogen-bond acceptors (Lipinski definition) is 5. The SMILES string of the molecule is CCC(C)O.CCC(O)C(O)(C(=O)O)C(=O)O.